The first-order valence-electron chi connectivity index (χ1n) is 9.68. The first kappa shape index (κ1) is 20.4. The van der Waals surface area contributed by atoms with Gasteiger partial charge in [0.15, 0.2) is 0 Å². The first-order chi connectivity index (χ1) is 13.0. The zero-order chi connectivity index (χ0) is 19.3. The number of thioether (sulfide) groups is 1. The quantitative estimate of drug-likeness (QED) is 0.709. The minimum atomic E-state index is -0.789. The minimum Gasteiger partial charge on any atom is -0.385 e. The molecule has 3 nitrogen and oxygen atoms in total. The Morgan fingerprint density at radius 2 is 1.93 bits per heavy atom. The van der Waals surface area contributed by atoms with Gasteiger partial charge in [-0.15, -0.1) is 11.8 Å². The minimum absolute atomic E-state index is 0.152. The second-order valence-corrected chi connectivity index (χ2v) is 8.69. The summed E-state index contributed by atoms with van der Waals surface area (Å²) in [6.45, 7) is 1.49. The number of benzene rings is 2. The Morgan fingerprint density at radius 3 is 2.63 bits per heavy atom. The van der Waals surface area contributed by atoms with Crippen LogP contribution in [0.2, 0.25) is 0 Å². The summed E-state index contributed by atoms with van der Waals surface area (Å²) in [7, 11) is 4.15. The van der Waals surface area contributed by atoms with Gasteiger partial charge in [0, 0.05) is 17.4 Å². The number of hydrogen-bond acceptors (Lipinski definition) is 4. The fourth-order valence-electron chi connectivity index (χ4n) is 4.09. The summed E-state index contributed by atoms with van der Waals surface area (Å²) in [4.78, 5) is 3.38. The van der Waals surface area contributed by atoms with E-state index in [0.29, 0.717) is 6.61 Å². The standard InChI is InChI=1S/C23H31NO2S/c1-24(2)16-20-14-21(26-17-18-8-5-4-6-9-18)12-13-23(20,25)19-10-7-11-22(15-19)27-3/h4-11,15,20-21,25H,12-14,16-17H2,1-3H3. The number of aliphatic hydroxyl groups is 1. The largest absolute Gasteiger partial charge is 0.385 e. The molecule has 27 heavy (non-hydrogen) atoms. The fraction of sp³-hybridized carbons (Fsp3) is 0.478. The molecular formula is C23H31NO2S. The van der Waals surface area contributed by atoms with E-state index in [4.69, 9.17) is 4.74 Å². The monoisotopic (exact) mass is 385 g/mol. The molecule has 0 aliphatic heterocycles. The average molecular weight is 386 g/mol. The maximum atomic E-state index is 11.7. The fourth-order valence-corrected chi connectivity index (χ4v) is 4.55. The van der Waals surface area contributed by atoms with Crippen molar-refractivity contribution in [2.24, 2.45) is 5.92 Å². The summed E-state index contributed by atoms with van der Waals surface area (Å²) in [5, 5.41) is 11.7. The summed E-state index contributed by atoms with van der Waals surface area (Å²) in [6, 6.07) is 18.7. The van der Waals surface area contributed by atoms with Crippen LogP contribution >= 0.6 is 11.8 Å². The van der Waals surface area contributed by atoms with E-state index in [-0.39, 0.29) is 12.0 Å². The summed E-state index contributed by atoms with van der Waals surface area (Å²) in [5.41, 5.74) is 1.46. The lowest BCUT2D eigenvalue weighted by molar-refractivity contribution is -0.110. The zero-order valence-corrected chi connectivity index (χ0v) is 17.4. The lowest BCUT2D eigenvalue weighted by Gasteiger charge is -2.44. The van der Waals surface area contributed by atoms with Gasteiger partial charge >= 0.3 is 0 Å². The molecule has 0 spiro atoms. The topological polar surface area (TPSA) is 32.7 Å². The van der Waals surface area contributed by atoms with Gasteiger partial charge in [0.05, 0.1) is 18.3 Å². The van der Waals surface area contributed by atoms with Crippen molar-refractivity contribution in [1.29, 1.82) is 0 Å². The molecule has 0 amide bonds. The molecule has 3 unspecified atom stereocenters. The Kier molecular flexibility index (Phi) is 6.99. The van der Waals surface area contributed by atoms with Crippen LogP contribution < -0.4 is 0 Å². The molecular weight excluding hydrogens is 354 g/mol. The third kappa shape index (κ3) is 5.14. The Labute approximate surface area is 167 Å². The average Bonchev–Trinajstić information content (AvgIpc) is 2.69. The van der Waals surface area contributed by atoms with E-state index >= 15 is 0 Å². The van der Waals surface area contributed by atoms with Gasteiger partial charge < -0.3 is 14.7 Å². The van der Waals surface area contributed by atoms with Crippen LogP contribution in [0.3, 0.4) is 0 Å². The third-order valence-corrected chi connectivity index (χ3v) is 6.28. The summed E-state index contributed by atoms with van der Waals surface area (Å²) in [5.74, 6) is 0.152. The molecule has 2 aromatic carbocycles. The second kappa shape index (κ2) is 9.24. The van der Waals surface area contributed by atoms with E-state index in [0.717, 1.165) is 31.4 Å². The molecule has 0 aromatic heterocycles. The molecule has 146 valence electrons. The molecule has 3 rings (SSSR count). The van der Waals surface area contributed by atoms with E-state index < -0.39 is 5.60 Å². The van der Waals surface area contributed by atoms with E-state index in [2.05, 4.69) is 61.6 Å². The predicted octanol–water partition coefficient (Wildman–Crippen LogP) is 4.54. The van der Waals surface area contributed by atoms with Gasteiger partial charge in [0.2, 0.25) is 0 Å². The van der Waals surface area contributed by atoms with Crippen molar-refractivity contribution in [3.8, 4) is 0 Å². The van der Waals surface area contributed by atoms with Crippen LogP contribution in [0.1, 0.15) is 30.4 Å². The molecule has 1 N–H and O–H groups in total. The number of hydrogen-bond donors (Lipinski definition) is 1. The van der Waals surface area contributed by atoms with Crippen molar-refractivity contribution >= 4 is 11.8 Å². The maximum absolute atomic E-state index is 11.7. The molecule has 1 saturated carbocycles. The SMILES string of the molecule is CSc1cccc(C2(O)CCC(OCc3ccccc3)CC2CN(C)C)c1. The molecule has 1 aliphatic carbocycles. The highest BCUT2D eigenvalue weighted by Crippen LogP contribution is 2.43. The van der Waals surface area contributed by atoms with Crippen LogP contribution in [0, 0.1) is 5.92 Å². The number of nitrogens with zero attached hydrogens (tertiary/aromatic N) is 1. The van der Waals surface area contributed by atoms with Gasteiger partial charge in [-0.05, 0) is 62.9 Å². The van der Waals surface area contributed by atoms with Crippen molar-refractivity contribution in [3.05, 3.63) is 65.7 Å². The van der Waals surface area contributed by atoms with Crippen molar-refractivity contribution in [3.63, 3.8) is 0 Å². The van der Waals surface area contributed by atoms with E-state index in [1.165, 1.54) is 10.5 Å². The molecule has 1 aliphatic rings. The van der Waals surface area contributed by atoms with Gasteiger partial charge in [-0.3, -0.25) is 0 Å². The number of ether oxygens (including phenoxy) is 1. The highest BCUT2D eigenvalue weighted by molar-refractivity contribution is 7.98. The lowest BCUT2D eigenvalue weighted by atomic mass is 9.70. The van der Waals surface area contributed by atoms with Crippen molar-refractivity contribution in [2.75, 3.05) is 26.9 Å². The van der Waals surface area contributed by atoms with Gasteiger partial charge in [0.25, 0.3) is 0 Å². The van der Waals surface area contributed by atoms with E-state index in [9.17, 15) is 5.11 Å². The number of rotatable bonds is 7. The molecule has 0 saturated heterocycles. The Bertz CT molecular complexity index is 721. The first-order valence-corrected chi connectivity index (χ1v) is 10.9. The molecule has 0 heterocycles. The van der Waals surface area contributed by atoms with Crippen LogP contribution in [0.25, 0.3) is 0 Å². The second-order valence-electron chi connectivity index (χ2n) is 7.81. The third-order valence-electron chi connectivity index (χ3n) is 5.55. The van der Waals surface area contributed by atoms with Crippen LogP contribution in [0.5, 0.6) is 0 Å². The Balaban J connectivity index is 1.74. The summed E-state index contributed by atoms with van der Waals surface area (Å²) in [6.07, 6.45) is 4.78. The van der Waals surface area contributed by atoms with Crippen LogP contribution in [0.4, 0.5) is 0 Å². The van der Waals surface area contributed by atoms with Crippen molar-refractivity contribution in [1.82, 2.24) is 4.90 Å². The zero-order valence-electron chi connectivity index (χ0n) is 16.6. The lowest BCUT2D eigenvalue weighted by Crippen LogP contribution is -2.46. The van der Waals surface area contributed by atoms with Gasteiger partial charge in [0.1, 0.15) is 0 Å². The smallest absolute Gasteiger partial charge is 0.0939 e. The molecule has 0 radical (unpaired) electrons. The molecule has 2 aromatic rings. The Hall–Kier alpha value is -1.33. The van der Waals surface area contributed by atoms with E-state index in [1.54, 1.807) is 11.8 Å². The van der Waals surface area contributed by atoms with E-state index in [1.807, 2.05) is 18.2 Å². The molecule has 4 heteroatoms. The predicted molar refractivity (Wildman–Crippen MR) is 113 cm³/mol. The van der Waals surface area contributed by atoms with Crippen LogP contribution in [-0.4, -0.2) is 43.0 Å². The highest BCUT2D eigenvalue weighted by Gasteiger charge is 2.43. The van der Waals surface area contributed by atoms with Crippen molar-refractivity contribution < 1.29 is 9.84 Å². The molecule has 0 bridgehead atoms. The van der Waals surface area contributed by atoms with Crippen LogP contribution in [0.15, 0.2) is 59.5 Å². The summed E-state index contributed by atoms with van der Waals surface area (Å²) >= 11 is 1.72. The van der Waals surface area contributed by atoms with Gasteiger partial charge in [-0.2, -0.15) is 0 Å². The van der Waals surface area contributed by atoms with Crippen LogP contribution in [-0.2, 0) is 16.9 Å². The van der Waals surface area contributed by atoms with Gasteiger partial charge in [-0.25, -0.2) is 0 Å². The molecule has 1 fully saturated rings. The molecule has 3 atom stereocenters. The maximum Gasteiger partial charge on any atom is 0.0939 e. The van der Waals surface area contributed by atoms with Crippen molar-refractivity contribution in [2.45, 2.75) is 42.5 Å². The Morgan fingerprint density at radius 1 is 1.15 bits per heavy atom. The normalized spacial score (nSPS) is 25.7. The van der Waals surface area contributed by atoms with Gasteiger partial charge in [-0.1, -0.05) is 42.5 Å². The summed E-state index contributed by atoms with van der Waals surface area (Å²) < 4.78 is 6.22. The highest BCUT2D eigenvalue weighted by atomic mass is 32.2.